The van der Waals surface area contributed by atoms with Gasteiger partial charge in [-0.05, 0) is 52.4 Å². The van der Waals surface area contributed by atoms with Gasteiger partial charge < -0.3 is 0 Å². The summed E-state index contributed by atoms with van der Waals surface area (Å²) in [5.41, 5.74) is 3.08. The molecule has 0 amide bonds. The van der Waals surface area contributed by atoms with Crippen LogP contribution in [-0.4, -0.2) is 13.4 Å². The molecular formula is C22H17BrN2O2S. The Morgan fingerprint density at radius 1 is 0.857 bits per heavy atom. The minimum Gasteiger partial charge on any atom is -0.264 e. The summed E-state index contributed by atoms with van der Waals surface area (Å²) in [6, 6.07) is 22.6. The van der Waals surface area contributed by atoms with Gasteiger partial charge in [-0.15, -0.1) is 0 Å². The number of pyridine rings is 1. The molecule has 0 aliphatic carbocycles. The lowest BCUT2D eigenvalue weighted by molar-refractivity contribution is 0.581. The first kappa shape index (κ1) is 18.8. The minimum atomic E-state index is -3.60. The number of benzene rings is 3. The van der Waals surface area contributed by atoms with Crippen molar-refractivity contribution in [1.29, 1.82) is 0 Å². The monoisotopic (exact) mass is 452 g/mol. The number of aromatic nitrogens is 1. The fraction of sp³-hybridized carbons (Fsp3) is 0.0455. The Morgan fingerprint density at radius 3 is 2.36 bits per heavy atom. The predicted molar refractivity (Wildman–Crippen MR) is 115 cm³/mol. The van der Waals surface area contributed by atoms with Crippen LogP contribution in [-0.2, 0) is 16.6 Å². The van der Waals surface area contributed by atoms with Crippen LogP contribution in [0.15, 0.2) is 94.6 Å². The van der Waals surface area contributed by atoms with E-state index in [2.05, 4.69) is 37.8 Å². The Labute approximate surface area is 172 Å². The SMILES string of the molecule is O=S(=O)(NCc1ccc(-c2ccccc2)c2ccncc12)c1ccc(Br)cc1. The van der Waals surface area contributed by atoms with Crippen molar-refractivity contribution in [3.63, 3.8) is 0 Å². The molecule has 4 nitrogen and oxygen atoms in total. The van der Waals surface area contributed by atoms with Gasteiger partial charge in [-0.3, -0.25) is 4.98 Å². The van der Waals surface area contributed by atoms with Crippen LogP contribution in [0.25, 0.3) is 21.9 Å². The molecule has 0 aliphatic rings. The summed E-state index contributed by atoms with van der Waals surface area (Å²) < 4.78 is 28.7. The Kier molecular flexibility index (Phi) is 5.26. The van der Waals surface area contributed by atoms with Crippen molar-refractivity contribution in [3.05, 3.63) is 95.2 Å². The van der Waals surface area contributed by atoms with E-state index in [1.54, 1.807) is 36.7 Å². The van der Waals surface area contributed by atoms with Gasteiger partial charge in [0.15, 0.2) is 0 Å². The lowest BCUT2D eigenvalue weighted by Crippen LogP contribution is -2.23. The van der Waals surface area contributed by atoms with Gasteiger partial charge in [-0.25, -0.2) is 13.1 Å². The van der Waals surface area contributed by atoms with E-state index in [9.17, 15) is 8.42 Å². The Bertz CT molecular complexity index is 1220. The minimum absolute atomic E-state index is 0.190. The standard InChI is InChI=1S/C22H17BrN2O2S/c23-18-7-9-19(10-8-18)28(26,27)25-14-17-6-11-20(16-4-2-1-3-5-16)21-12-13-24-15-22(17)21/h1-13,15,25H,14H2. The zero-order valence-electron chi connectivity index (χ0n) is 14.8. The first-order valence-electron chi connectivity index (χ1n) is 8.71. The third-order valence-corrected chi connectivity index (χ3v) is 6.52. The van der Waals surface area contributed by atoms with Gasteiger partial charge in [0.2, 0.25) is 10.0 Å². The molecule has 0 aliphatic heterocycles. The van der Waals surface area contributed by atoms with Gasteiger partial charge in [-0.1, -0.05) is 58.4 Å². The van der Waals surface area contributed by atoms with Crippen LogP contribution in [0.2, 0.25) is 0 Å². The van der Waals surface area contributed by atoms with Crippen LogP contribution < -0.4 is 4.72 Å². The van der Waals surface area contributed by atoms with Crippen molar-refractivity contribution in [1.82, 2.24) is 9.71 Å². The van der Waals surface area contributed by atoms with E-state index in [1.807, 2.05) is 36.4 Å². The number of nitrogens with one attached hydrogen (secondary N) is 1. The number of hydrogen-bond acceptors (Lipinski definition) is 3. The molecule has 4 aromatic rings. The number of nitrogens with zero attached hydrogens (tertiary/aromatic N) is 1. The van der Waals surface area contributed by atoms with Gasteiger partial charge in [0, 0.05) is 28.8 Å². The number of hydrogen-bond donors (Lipinski definition) is 1. The summed E-state index contributed by atoms with van der Waals surface area (Å²) in [6.45, 7) is 0.190. The Balaban J connectivity index is 1.68. The topological polar surface area (TPSA) is 59.1 Å². The van der Waals surface area contributed by atoms with E-state index in [0.29, 0.717) is 0 Å². The molecule has 1 aromatic heterocycles. The number of halogens is 1. The maximum Gasteiger partial charge on any atom is 0.240 e. The van der Waals surface area contributed by atoms with Crippen LogP contribution in [0, 0.1) is 0 Å². The average Bonchev–Trinajstić information content (AvgIpc) is 2.73. The van der Waals surface area contributed by atoms with Crippen molar-refractivity contribution in [2.45, 2.75) is 11.4 Å². The van der Waals surface area contributed by atoms with E-state index in [-0.39, 0.29) is 11.4 Å². The van der Waals surface area contributed by atoms with Crippen molar-refractivity contribution in [3.8, 4) is 11.1 Å². The highest BCUT2D eigenvalue weighted by atomic mass is 79.9. The average molecular weight is 453 g/mol. The van der Waals surface area contributed by atoms with Gasteiger partial charge >= 0.3 is 0 Å². The smallest absolute Gasteiger partial charge is 0.240 e. The zero-order chi connectivity index (χ0) is 19.6. The molecule has 3 aromatic carbocycles. The number of rotatable bonds is 5. The van der Waals surface area contributed by atoms with E-state index >= 15 is 0 Å². The molecule has 6 heteroatoms. The highest BCUT2D eigenvalue weighted by Crippen LogP contribution is 2.30. The van der Waals surface area contributed by atoms with Gasteiger partial charge in [-0.2, -0.15) is 0 Å². The van der Waals surface area contributed by atoms with Gasteiger partial charge in [0.1, 0.15) is 0 Å². The van der Waals surface area contributed by atoms with Gasteiger partial charge in [0.05, 0.1) is 4.90 Å². The number of sulfonamides is 1. The Morgan fingerprint density at radius 2 is 1.61 bits per heavy atom. The molecule has 1 heterocycles. The lowest BCUT2D eigenvalue weighted by atomic mass is 9.96. The van der Waals surface area contributed by atoms with E-state index in [1.165, 1.54) is 0 Å². The summed E-state index contributed by atoms with van der Waals surface area (Å²) in [5.74, 6) is 0. The zero-order valence-corrected chi connectivity index (χ0v) is 17.2. The molecule has 0 unspecified atom stereocenters. The maximum atomic E-state index is 12.6. The summed E-state index contributed by atoms with van der Waals surface area (Å²) in [4.78, 5) is 4.47. The van der Waals surface area contributed by atoms with E-state index in [4.69, 9.17) is 0 Å². The second-order valence-corrected chi connectivity index (χ2v) is 9.02. The molecule has 0 radical (unpaired) electrons. The molecule has 4 rings (SSSR count). The highest BCUT2D eigenvalue weighted by Gasteiger charge is 2.15. The molecule has 1 N–H and O–H groups in total. The van der Waals surface area contributed by atoms with E-state index < -0.39 is 10.0 Å². The third kappa shape index (κ3) is 3.85. The van der Waals surface area contributed by atoms with Crippen LogP contribution >= 0.6 is 15.9 Å². The quantitative estimate of drug-likeness (QED) is 0.455. The summed E-state index contributed by atoms with van der Waals surface area (Å²) in [7, 11) is -3.60. The molecule has 28 heavy (non-hydrogen) atoms. The summed E-state index contributed by atoms with van der Waals surface area (Å²) >= 11 is 3.32. The molecule has 0 saturated carbocycles. The first-order valence-corrected chi connectivity index (χ1v) is 11.0. The van der Waals surface area contributed by atoms with Crippen molar-refractivity contribution >= 4 is 36.7 Å². The second-order valence-electron chi connectivity index (χ2n) is 6.34. The lowest BCUT2D eigenvalue weighted by Gasteiger charge is -2.12. The van der Waals surface area contributed by atoms with Crippen LogP contribution in [0.1, 0.15) is 5.56 Å². The molecule has 0 spiro atoms. The van der Waals surface area contributed by atoms with Crippen LogP contribution in [0.3, 0.4) is 0 Å². The van der Waals surface area contributed by atoms with Crippen LogP contribution in [0.5, 0.6) is 0 Å². The summed E-state index contributed by atoms with van der Waals surface area (Å²) in [6.07, 6.45) is 3.54. The summed E-state index contributed by atoms with van der Waals surface area (Å²) in [5, 5.41) is 1.98. The molecule has 0 bridgehead atoms. The third-order valence-electron chi connectivity index (χ3n) is 4.57. The molecule has 0 saturated heterocycles. The van der Waals surface area contributed by atoms with Crippen molar-refractivity contribution in [2.75, 3.05) is 0 Å². The van der Waals surface area contributed by atoms with E-state index in [0.717, 1.165) is 31.9 Å². The fourth-order valence-electron chi connectivity index (χ4n) is 3.14. The number of fused-ring (bicyclic) bond motifs is 1. The van der Waals surface area contributed by atoms with Gasteiger partial charge in [0.25, 0.3) is 0 Å². The van der Waals surface area contributed by atoms with Crippen LogP contribution in [0.4, 0.5) is 0 Å². The first-order chi connectivity index (χ1) is 13.5. The van der Waals surface area contributed by atoms with Crippen molar-refractivity contribution in [2.24, 2.45) is 0 Å². The molecule has 0 fully saturated rings. The molecule has 140 valence electrons. The highest BCUT2D eigenvalue weighted by molar-refractivity contribution is 9.10. The maximum absolute atomic E-state index is 12.6. The normalized spacial score (nSPS) is 11.6. The van der Waals surface area contributed by atoms with Crippen molar-refractivity contribution < 1.29 is 8.42 Å². The molecular weight excluding hydrogens is 436 g/mol. The largest absolute Gasteiger partial charge is 0.264 e. The molecule has 0 atom stereocenters. The second kappa shape index (κ2) is 7.83. The fourth-order valence-corrected chi connectivity index (χ4v) is 4.41. The Hall–Kier alpha value is -2.54. The predicted octanol–water partition coefficient (Wildman–Crippen LogP) is 5.14.